The Morgan fingerprint density at radius 2 is 1.86 bits per heavy atom. The number of carbonyl (C=O) groups is 1. The highest BCUT2D eigenvalue weighted by Crippen LogP contribution is 2.24. The van der Waals surface area contributed by atoms with Crippen LogP contribution in [0.1, 0.15) is 25.3 Å². The van der Waals surface area contributed by atoms with Gasteiger partial charge in [-0.15, -0.1) is 0 Å². The molecule has 28 heavy (non-hydrogen) atoms. The minimum atomic E-state index is 0.0839. The second-order valence-corrected chi connectivity index (χ2v) is 7.44. The minimum absolute atomic E-state index is 0.0839. The van der Waals surface area contributed by atoms with E-state index in [4.69, 9.17) is 5.10 Å². The average molecular weight is 374 g/mol. The molecular weight excluding hydrogens is 348 g/mol. The number of nitrogens with zero attached hydrogens (tertiary/aromatic N) is 2. The van der Waals surface area contributed by atoms with Crippen molar-refractivity contribution in [2.45, 2.75) is 32.4 Å². The van der Waals surface area contributed by atoms with E-state index in [9.17, 15) is 4.79 Å². The summed E-state index contributed by atoms with van der Waals surface area (Å²) < 4.78 is 1.89. The molecule has 1 aliphatic heterocycles. The molecule has 4 rings (SSSR count). The quantitative estimate of drug-likeness (QED) is 0.718. The molecule has 0 radical (unpaired) electrons. The third kappa shape index (κ3) is 4.15. The topological polar surface area (TPSA) is 59.0 Å². The van der Waals surface area contributed by atoms with Gasteiger partial charge < -0.3 is 10.6 Å². The number of piperidine rings is 1. The molecule has 1 amide bonds. The SMILES string of the molecule is C[C@H]1C[C@@H](C(=O)NCc2cn(-c3ccccc3)nc2-c2ccccc2)CCN1. The number of para-hydroxylation sites is 1. The highest BCUT2D eigenvalue weighted by molar-refractivity contribution is 5.79. The number of nitrogens with one attached hydrogen (secondary N) is 2. The molecule has 1 aromatic heterocycles. The lowest BCUT2D eigenvalue weighted by atomic mass is 9.92. The predicted molar refractivity (Wildman–Crippen MR) is 111 cm³/mol. The lowest BCUT2D eigenvalue weighted by molar-refractivity contribution is -0.126. The van der Waals surface area contributed by atoms with Gasteiger partial charge in [0.25, 0.3) is 0 Å². The lowest BCUT2D eigenvalue weighted by Gasteiger charge is -2.27. The van der Waals surface area contributed by atoms with Gasteiger partial charge in [-0.2, -0.15) is 5.10 Å². The number of benzene rings is 2. The van der Waals surface area contributed by atoms with Crippen molar-refractivity contribution < 1.29 is 4.79 Å². The Morgan fingerprint density at radius 3 is 2.57 bits per heavy atom. The number of rotatable bonds is 5. The predicted octanol–water partition coefficient (Wildman–Crippen LogP) is 3.54. The van der Waals surface area contributed by atoms with Crippen molar-refractivity contribution in [3.63, 3.8) is 0 Å². The van der Waals surface area contributed by atoms with E-state index < -0.39 is 0 Å². The maximum absolute atomic E-state index is 12.7. The summed E-state index contributed by atoms with van der Waals surface area (Å²) in [5.74, 6) is 0.223. The van der Waals surface area contributed by atoms with Crippen LogP contribution in [-0.4, -0.2) is 28.3 Å². The Balaban J connectivity index is 1.56. The van der Waals surface area contributed by atoms with Crippen LogP contribution in [0.3, 0.4) is 0 Å². The van der Waals surface area contributed by atoms with Crippen LogP contribution in [0, 0.1) is 5.92 Å². The Hall–Kier alpha value is -2.92. The van der Waals surface area contributed by atoms with Crippen LogP contribution in [0.15, 0.2) is 66.9 Å². The molecule has 0 saturated carbocycles. The van der Waals surface area contributed by atoms with E-state index >= 15 is 0 Å². The van der Waals surface area contributed by atoms with Gasteiger partial charge in [0, 0.05) is 35.8 Å². The summed E-state index contributed by atoms with van der Waals surface area (Å²) >= 11 is 0. The Bertz CT molecular complexity index is 920. The minimum Gasteiger partial charge on any atom is -0.352 e. The third-order valence-corrected chi connectivity index (χ3v) is 5.31. The van der Waals surface area contributed by atoms with E-state index in [0.717, 1.165) is 41.9 Å². The van der Waals surface area contributed by atoms with Crippen molar-refractivity contribution in [2.24, 2.45) is 5.92 Å². The van der Waals surface area contributed by atoms with Gasteiger partial charge in [0.2, 0.25) is 5.91 Å². The van der Waals surface area contributed by atoms with Gasteiger partial charge in [-0.25, -0.2) is 4.68 Å². The maximum atomic E-state index is 12.7. The summed E-state index contributed by atoms with van der Waals surface area (Å²) in [5.41, 5.74) is 3.98. The summed E-state index contributed by atoms with van der Waals surface area (Å²) in [5, 5.41) is 11.4. The van der Waals surface area contributed by atoms with Crippen molar-refractivity contribution in [1.82, 2.24) is 20.4 Å². The Kier molecular flexibility index (Phi) is 5.53. The summed E-state index contributed by atoms with van der Waals surface area (Å²) in [6, 6.07) is 20.6. The fourth-order valence-corrected chi connectivity index (χ4v) is 3.79. The van der Waals surface area contributed by atoms with Gasteiger partial charge in [-0.3, -0.25) is 4.79 Å². The van der Waals surface area contributed by atoms with Crippen molar-refractivity contribution in [3.8, 4) is 16.9 Å². The van der Waals surface area contributed by atoms with Gasteiger partial charge >= 0.3 is 0 Å². The van der Waals surface area contributed by atoms with Gasteiger partial charge in [0.1, 0.15) is 0 Å². The first-order chi connectivity index (χ1) is 13.7. The largest absolute Gasteiger partial charge is 0.352 e. The van der Waals surface area contributed by atoms with Crippen LogP contribution in [0.2, 0.25) is 0 Å². The summed E-state index contributed by atoms with van der Waals surface area (Å²) in [4.78, 5) is 12.7. The standard InChI is InChI=1S/C23H26N4O/c1-17-14-19(12-13-24-17)23(28)25-15-20-16-27(21-10-6-3-7-11-21)26-22(20)18-8-4-2-5-9-18/h2-11,16-17,19,24H,12-15H2,1H3,(H,25,28)/t17-,19-/m0/s1. The van der Waals surface area contributed by atoms with Crippen LogP contribution in [0.4, 0.5) is 0 Å². The summed E-state index contributed by atoms with van der Waals surface area (Å²) in [7, 11) is 0. The lowest BCUT2D eigenvalue weighted by Crippen LogP contribution is -2.42. The highest BCUT2D eigenvalue weighted by atomic mass is 16.1. The van der Waals surface area contributed by atoms with Crippen LogP contribution < -0.4 is 10.6 Å². The number of aromatic nitrogens is 2. The number of carbonyl (C=O) groups excluding carboxylic acids is 1. The van der Waals surface area contributed by atoms with E-state index in [1.807, 2.05) is 59.4 Å². The monoisotopic (exact) mass is 374 g/mol. The van der Waals surface area contributed by atoms with E-state index in [1.54, 1.807) is 0 Å². The van der Waals surface area contributed by atoms with Crippen LogP contribution in [-0.2, 0) is 11.3 Å². The number of amides is 1. The first-order valence-corrected chi connectivity index (χ1v) is 9.91. The third-order valence-electron chi connectivity index (χ3n) is 5.31. The van der Waals surface area contributed by atoms with Crippen LogP contribution in [0.5, 0.6) is 0 Å². The van der Waals surface area contributed by atoms with Gasteiger partial charge in [-0.05, 0) is 38.4 Å². The molecule has 0 unspecified atom stereocenters. The second-order valence-electron chi connectivity index (χ2n) is 7.44. The Morgan fingerprint density at radius 1 is 1.14 bits per heavy atom. The molecule has 2 aromatic carbocycles. The fraction of sp³-hybridized carbons (Fsp3) is 0.304. The molecule has 2 heterocycles. The molecule has 2 atom stereocenters. The molecular formula is C23H26N4O. The van der Waals surface area contributed by atoms with Crippen molar-refractivity contribution in [3.05, 3.63) is 72.4 Å². The molecule has 5 nitrogen and oxygen atoms in total. The summed E-state index contributed by atoms with van der Waals surface area (Å²) in [6.07, 6.45) is 3.80. The van der Waals surface area contributed by atoms with E-state index in [0.29, 0.717) is 12.6 Å². The fourth-order valence-electron chi connectivity index (χ4n) is 3.79. The first-order valence-electron chi connectivity index (χ1n) is 9.91. The number of hydrogen-bond donors (Lipinski definition) is 2. The van der Waals surface area contributed by atoms with Crippen LogP contribution in [0.25, 0.3) is 16.9 Å². The molecule has 1 saturated heterocycles. The van der Waals surface area contributed by atoms with Crippen LogP contribution >= 0.6 is 0 Å². The summed E-state index contributed by atoms with van der Waals surface area (Å²) in [6.45, 7) is 3.52. The van der Waals surface area contributed by atoms with Crippen molar-refractivity contribution >= 4 is 5.91 Å². The highest BCUT2D eigenvalue weighted by Gasteiger charge is 2.25. The van der Waals surface area contributed by atoms with Crippen molar-refractivity contribution in [1.29, 1.82) is 0 Å². The average Bonchev–Trinajstić information content (AvgIpc) is 3.17. The molecule has 5 heteroatoms. The number of hydrogen-bond acceptors (Lipinski definition) is 3. The molecule has 3 aromatic rings. The Labute approximate surface area is 165 Å². The van der Waals surface area contributed by atoms with Crippen molar-refractivity contribution in [2.75, 3.05) is 6.54 Å². The van der Waals surface area contributed by atoms with Gasteiger partial charge in [0.15, 0.2) is 0 Å². The zero-order valence-corrected chi connectivity index (χ0v) is 16.1. The molecule has 0 bridgehead atoms. The zero-order valence-electron chi connectivity index (χ0n) is 16.1. The molecule has 1 aliphatic rings. The van der Waals surface area contributed by atoms with Gasteiger partial charge in [-0.1, -0.05) is 48.5 Å². The molecule has 2 N–H and O–H groups in total. The second kappa shape index (κ2) is 8.40. The zero-order chi connectivity index (χ0) is 19.3. The molecule has 0 aliphatic carbocycles. The first kappa shape index (κ1) is 18.4. The van der Waals surface area contributed by atoms with Gasteiger partial charge in [0.05, 0.1) is 11.4 Å². The smallest absolute Gasteiger partial charge is 0.223 e. The maximum Gasteiger partial charge on any atom is 0.223 e. The molecule has 1 fully saturated rings. The van der Waals surface area contributed by atoms with E-state index in [2.05, 4.69) is 29.7 Å². The molecule has 0 spiro atoms. The van der Waals surface area contributed by atoms with E-state index in [-0.39, 0.29) is 11.8 Å². The normalized spacial score (nSPS) is 19.3. The van der Waals surface area contributed by atoms with E-state index in [1.165, 1.54) is 0 Å². The molecule has 144 valence electrons.